The average Bonchev–Trinajstić information content (AvgIpc) is 2.81. The maximum atomic E-state index is 12.3. The third-order valence-corrected chi connectivity index (χ3v) is 5.86. The van der Waals surface area contributed by atoms with E-state index < -0.39 is 10.0 Å². The molecule has 1 atom stereocenters. The molecule has 0 aromatic heterocycles. The molecule has 0 amide bonds. The van der Waals surface area contributed by atoms with Gasteiger partial charge in [-0.2, -0.15) is 11.8 Å². The first-order valence-electron chi connectivity index (χ1n) is 5.46. The lowest BCUT2D eigenvalue weighted by Gasteiger charge is -2.14. The number of hydrogen-bond acceptors (Lipinski definition) is 4. The van der Waals surface area contributed by atoms with Crippen LogP contribution in [0.4, 0.5) is 0 Å². The van der Waals surface area contributed by atoms with Gasteiger partial charge in [0.1, 0.15) is 10.6 Å². The van der Waals surface area contributed by atoms with E-state index in [2.05, 4.69) is 20.7 Å². The second-order valence-corrected chi connectivity index (χ2v) is 7.72. The SMILES string of the molecule is COc1ccc(Br)cc1S(=O)(=O)NC1CCSC1. The molecule has 1 unspecified atom stereocenters. The van der Waals surface area contributed by atoms with Gasteiger partial charge in [0.15, 0.2) is 0 Å². The maximum absolute atomic E-state index is 12.3. The van der Waals surface area contributed by atoms with E-state index in [4.69, 9.17) is 4.74 Å². The van der Waals surface area contributed by atoms with Crippen LogP contribution in [0.5, 0.6) is 5.75 Å². The lowest BCUT2D eigenvalue weighted by atomic mass is 10.3. The fraction of sp³-hybridized carbons (Fsp3) is 0.455. The first kappa shape index (κ1) is 14.2. The van der Waals surface area contributed by atoms with Gasteiger partial charge in [0.2, 0.25) is 10.0 Å². The average molecular weight is 352 g/mol. The number of sulfonamides is 1. The van der Waals surface area contributed by atoms with Crippen molar-refractivity contribution in [1.29, 1.82) is 0 Å². The fourth-order valence-electron chi connectivity index (χ4n) is 1.77. The van der Waals surface area contributed by atoms with Crippen LogP contribution in [0.15, 0.2) is 27.6 Å². The molecule has 18 heavy (non-hydrogen) atoms. The first-order valence-corrected chi connectivity index (χ1v) is 8.89. The van der Waals surface area contributed by atoms with Crippen molar-refractivity contribution in [1.82, 2.24) is 4.72 Å². The van der Waals surface area contributed by atoms with Crippen LogP contribution in [-0.4, -0.2) is 33.1 Å². The van der Waals surface area contributed by atoms with Crippen LogP contribution in [0.1, 0.15) is 6.42 Å². The summed E-state index contributed by atoms with van der Waals surface area (Å²) in [5.74, 6) is 2.19. The summed E-state index contributed by atoms with van der Waals surface area (Å²) in [6.07, 6.45) is 0.875. The lowest BCUT2D eigenvalue weighted by Crippen LogP contribution is -2.34. The number of halogens is 1. The highest BCUT2D eigenvalue weighted by Crippen LogP contribution is 2.28. The molecule has 0 bridgehead atoms. The van der Waals surface area contributed by atoms with E-state index in [-0.39, 0.29) is 10.9 Å². The van der Waals surface area contributed by atoms with Crippen molar-refractivity contribution in [2.45, 2.75) is 17.4 Å². The van der Waals surface area contributed by atoms with Crippen LogP contribution in [0.2, 0.25) is 0 Å². The van der Waals surface area contributed by atoms with Gasteiger partial charge in [0.25, 0.3) is 0 Å². The molecule has 1 aliphatic rings. The van der Waals surface area contributed by atoms with Crippen molar-refractivity contribution >= 4 is 37.7 Å². The summed E-state index contributed by atoms with van der Waals surface area (Å²) >= 11 is 5.04. The highest BCUT2D eigenvalue weighted by Gasteiger charge is 2.25. The van der Waals surface area contributed by atoms with Crippen molar-refractivity contribution in [3.8, 4) is 5.75 Å². The molecule has 1 aromatic carbocycles. The molecule has 0 radical (unpaired) electrons. The van der Waals surface area contributed by atoms with Gasteiger partial charge in [-0.15, -0.1) is 0 Å². The minimum Gasteiger partial charge on any atom is -0.495 e. The van der Waals surface area contributed by atoms with Crippen LogP contribution in [-0.2, 0) is 10.0 Å². The number of hydrogen-bond donors (Lipinski definition) is 1. The number of methoxy groups -OCH3 is 1. The number of ether oxygens (including phenoxy) is 1. The summed E-state index contributed by atoms with van der Waals surface area (Å²) in [5, 5.41) is 0. The smallest absolute Gasteiger partial charge is 0.244 e. The Morgan fingerprint density at radius 1 is 1.50 bits per heavy atom. The third kappa shape index (κ3) is 3.20. The molecule has 100 valence electrons. The van der Waals surface area contributed by atoms with Crippen LogP contribution in [0.25, 0.3) is 0 Å². The molecule has 0 saturated carbocycles. The fourth-order valence-corrected chi connectivity index (χ4v) is 5.01. The van der Waals surface area contributed by atoms with Crippen LogP contribution < -0.4 is 9.46 Å². The zero-order valence-corrected chi connectivity index (χ0v) is 13.1. The highest BCUT2D eigenvalue weighted by atomic mass is 79.9. The van der Waals surface area contributed by atoms with Gasteiger partial charge in [0, 0.05) is 16.3 Å². The van der Waals surface area contributed by atoms with Crippen molar-refractivity contribution in [2.75, 3.05) is 18.6 Å². The summed E-state index contributed by atoms with van der Waals surface area (Å²) < 4.78 is 33.1. The Labute approximate surface area is 120 Å². The number of rotatable bonds is 4. The molecule has 7 heteroatoms. The second-order valence-electron chi connectivity index (χ2n) is 3.98. The van der Waals surface area contributed by atoms with Gasteiger partial charge in [0.05, 0.1) is 7.11 Å². The molecule has 1 saturated heterocycles. The van der Waals surface area contributed by atoms with Crippen molar-refractivity contribution in [3.63, 3.8) is 0 Å². The Morgan fingerprint density at radius 3 is 2.89 bits per heavy atom. The van der Waals surface area contributed by atoms with Crippen LogP contribution in [0.3, 0.4) is 0 Å². The van der Waals surface area contributed by atoms with Crippen LogP contribution in [0, 0.1) is 0 Å². The minimum absolute atomic E-state index is 0.0173. The molecule has 1 N–H and O–H groups in total. The van der Waals surface area contributed by atoms with E-state index in [1.165, 1.54) is 7.11 Å². The summed E-state index contributed by atoms with van der Waals surface area (Å²) in [6, 6.07) is 4.97. The van der Waals surface area contributed by atoms with E-state index in [9.17, 15) is 8.42 Å². The number of thioether (sulfide) groups is 1. The molecule has 2 rings (SSSR count). The van der Waals surface area contributed by atoms with Gasteiger partial charge in [-0.1, -0.05) is 15.9 Å². The normalized spacial score (nSPS) is 20.0. The summed E-state index contributed by atoms with van der Waals surface area (Å²) in [6.45, 7) is 0. The standard InChI is InChI=1S/C11H14BrNO3S2/c1-16-10-3-2-8(12)6-11(10)18(14,15)13-9-4-5-17-7-9/h2-3,6,9,13H,4-5,7H2,1H3. The number of nitrogens with one attached hydrogen (secondary N) is 1. The van der Waals surface area contributed by atoms with Gasteiger partial charge < -0.3 is 4.74 Å². The Morgan fingerprint density at radius 2 is 2.28 bits per heavy atom. The first-order chi connectivity index (χ1) is 8.53. The van der Waals surface area contributed by atoms with Crippen molar-refractivity contribution in [3.05, 3.63) is 22.7 Å². The Kier molecular flexibility index (Phi) is 4.58. The second kappa shape index (κ2) is 5.81. The molecule has 4 nitrogen and oxygen atoms in total. The van der Waals surface area contributed by atoms with Crippen molar-refractivity contribution in [2.24, 2.45) is 0 Å². The quantitative estimate of drug-likeness (QED) is 0.903. The minimum atomic E-state index is -3.53. The molecule has 1 aromatic rings. The summed E-state index contributed by atoms with van der Waals surface area (Å²) in [7, 11) is -2.06. The Balaban J connectivity index is 2.30. The van der Waals surface area contributed by atoms with E-state index in [1.807, 2.05) is 0 Å². The van der Waals surface area contributed by atoms with E-state index >= 15 is 0 Å². The van der Waals surface area contributed by atoms with Gasteiger partial charge >= 0.3 is 0 Å². The van der Waals surface area contributed by atoms with E-state index in [0.29, 0.717) is 10.2 Å². The molecule has 1 heterocycles. The predicted octanol–water partition coefficient (Wildman–Crippen LogP) is 2.24. The third-order valence-electron chi connectivity index (χ3n) is 2.67. The maximum Gasteiger partial charge on any atom is 0.244 e. The van der Waals surface area contributed by atoms with Gasteiger partial charge in [-0.3, -0.25) is 0 Å². The zero-order valence-electron chi connectivity index (χ0n) is 9.85. The summed E-state index contributed by atoms with van der Waals surface area (Å²) in [4.78, 5) is 0.177. The molecular weight excluding hydrogens is 338 g/mol. The van der Waals surface area contributed by atoms with Crippen molar-refractivity contribution < 1.29 is 13.2 Å². The van der Waals surface area contributed by atoms with Crippen LogP contribution >= 0.6 is 27.7 Å². The zero-order chi connectivity index (χ0) is 13.2. The summed E-state index contributed by atoms with van der Waals surface area (Å²) in [5.41, 5.74) is 0. The highest BCUT2D eigenvalue weighted by molar-refractivity contribution is 9.10. The monoisotopic (exact) mass is 351 g/mol. The predicted molar refractivity (Wildman–Crippen MR) is 76.7 cm³/mol. The number of benzene rings is 1. The van der Waals surface area contributed by atoms with E-state index in [0.717, 1.165) is 17.9 Å². The van der Waals surface area contributed by atoms with Gasteiger partial charge in [-0.05, 0) is 30.4 Å². The Bertz CT molecular complexity index is 527. The topological polar surface area (TPSA) is 55.4 Å². The Hall–Kier alpha value is -0.240. The molecule has 1 aliphatic heterocycles. The molecule has 1 fully saturated rings. The largest absolute Gasteiger partial charge is 0.495 e. The van der Waals surface area contributed by atoms with E-state index in [1.54, 1.807) is 30.0 Å². The lowest BCUT2D eigenvalue weighted by molar-refractivity contribution is 0.402. The molecular formula is C11H14BrNO3S2. The van der Waals surface area contributed by atoms with Gasteiger partial charge in [-0.25, -0.2) is 13.1 Å². The molecule has 0 aliphatic carbocycles. The molecule has 0 spiro atoms.